The van der Waals surface area contributed by atoms with Crippen molar-refractivity contribution < 1.29 is 19.1 Å². The van der Waals surface area contributed by atoms with Crippen LogP contribution in [0.5, 0.6) is 0 Å². The first kappa shape index (κ1) is 16.0. The molecule has 0 aromatic rings. The summed E-state index contributed by atoms with van der Waals surface area (Å²) in [7, 11) is 2.45. The third kappa shape index (κ3) is 3.77. The fraction of sp³-hybridized carbons (Fsp3) is 0.429. The molecule has 18 heavy (non-hydrogen) atoms. The molecule has 0 saturated heterocycles. The molecule has 4 heteroatoms. The first-order valence-electron chi connectivity index (χ1n) is 5.46. The fourth-order valence-electron chi connectivity index (χ4n) is 1.45. The quantitative estimate of drug-likeness (QED) is 0.323. The van der Waals surface area contributed by atoms with E-state index in [2.05, 4.69) is 27.9 Å². The maximum absolute atomic E-state index is 11.8. The van der Waals surface area contributed by atoms with Crippen molar-refractivity contribution in [2.75, 3.05) is 14.2 Å². The number of carbonyl (C=O) groups is 2. The Balaban J connectivity index is 5.34. The summed E-state index contributed by atoms with van der Waals surface area (Å²) in [5.74, 6) is 4.16. The van der Waals surface area contributed by atoms with Crippen molar-refractivity contribution in [3.05, 3.63) is 24.8 Å². The first-order chi connectivity index (χ1) is 8.58. The molecule has 0 radical (unpaired) electrons. The Kier molecular flexibility index (Phi) is 7.22. The normalized spacial score (nSPS) is 10.4. The van der Waals surface area contributed by atoms with Crippen LogP contribution in [-0.4, -0.2) is 26.2 Å². The van der Waals surface area contributed by atoms with E-state index < -0.39 is 17.4 Å². The number of carbonyl (C=O) groups excluding carboxylic acids is 2. The highest BCUT2D eigenvalue weighted by Crippen LogP contribution is 2.30. The van der Waals surface area contributed by atoms with Gasteiger partial charge in [0.2, 0.25) is 0 Å². The lowest BCUT2D eigenvalue weighted by Crippen LogP contribution is -2.40. The average Bonchev–Trinajstić information content (AvgIpc) is 2.40. The summed E-state index contributed by atoms with van der Waals surface area (Å²) >= 11 is 0. The van der Waals surface area contributed by atoms with Crippen LogP contribution in [0.15, 0.2) is 24.8 Å². The Bertz CT molecular complexity index is 380. The summed E-state index contributed by atoms with van der Waals surface area (Å²) < 4.78 is 9.35. The molecule has 0 rings (SSSR count). The summed E-state index contributed by atoms with van der Waals surface area (Å²) in [6.07, 6.45) is 5.02. The molecule has 0 saturated carbocycles. The van der Waals surface area contributed by atoms with E-state index in [4.69, 9.17) is 0 Å². The van der Waals surface area contributed by atoms with Crippen molar-refractivity contribution in [1.29, 1.82) is 0 Å². The van der Waals surface area contributed by atoms with Gasteiger partial charge in [0.25, 0.3) is 0 Å². The summed E-state index contributed by atoms with van der Waals surface area (Å²) in [5.41, 5.74) is -1.43. The molecule has 0 aromatic heterocycles. The van der Waals surface area contributed by atoms with Gasteiger partial charge in [-0.15, -0.1) is 6.58 Å². The minimum absolute atomic E-state index is 0.0305. The minimum atomic E-state index is -1.43. The third-order valence-corrected chi connectivity index (χ3v) is 2.39. The molecular weight excluding hydrogens is 232 g/mol. The Morgan fingerprint density at radius 1 is 1.28 bits per heavy atom. The third-order valence-electron chi connectivity index (χ3n) is 2.39. The summed E-state index contributed by atoms with van der Waals surface area (Å²) in [6.45, 7) is 5.37. The Hall–Kier alpha value is -2.02. The fourth-order valence-corrected chi connectivity index (χ4v) is 1.45. The van der Waals surface area contributed by atoms with Gasteiger partial charge < -0.3 is 9.47 Å². The lowest BCUT2D eigenvalue weighted by Gasteiger charge is -2.24. The van der Waals surface area contributed by atoms with E-state index in [0.29, 0.717) is 0 Å². The molecule has 0 unspecified atom stereocenters. The molecule has 0 aliphatic rings. The topological polar surface area (TPSA) is 52.6 Å². The predicted octanol–water partition coefficient (Wildman–Crippen LogP) is 1.86. The van der Waals surface area contributed by atoms with E-state index in [-0.39, 0.29) is 12.8 Å². The molecule has 0 amide bonds. The maximum atomic E-state index is 11.8. The van der Waals surface area contributed by atoms with Crippen LogP contribution in [0.4, 0.5) is 0 Å². The van der Waals surface area contributed by atoms with Crippen molar-refractivity contribution in [2.45, 2.75) is 19.8 Å². The molecule has 0 atom stereocenters. The lowest BCUT2D eigenvalue weighted by atomic mass is 9.81. The van der Waals surface area contributed by atoms with E-state index in [1.807, 2.05) is 6.92 Å². The average molecular weight is 250 g/mol. The van der Waals surface area contributed by atoms with E-state index in [1.54, 1.807) is 12.2 Å². The van der Waals surface area contributed by atoms with Gasteiger partial charge in [0.1, 0.15) is 0 Å². The van der Waals surface area contributed by atoms with Gasteiger partial charge in [-0.25, -0.2) is 0 Å². The molecule has 4 nitrogen and oxygen atoms in total. The zero-order chi connectivity index (χ0) is 14.0. The second-order valence-corrected chi connectivity index (χ2v) is 3.56. The maximum Gasteiger partial charge on any atom is 0.324 e. The summed E-state index contributed by atoms with van der Waals surface area (Å²) in [5, 5.41) is 0. The second kappa shape index (κ2) is 8.13. The highest BCUT2D eigenvalue weighted by Gasteiger charge is 2.46. The van der Waals surface area contributed by atoms with Crippen LogP contribution < -0.4 is 0 Å². The number of methoxy groups -OCH3 is 2. The standard InChI is InChI=1S/C14H18O4/c1-5-7-8-9-11-14(10-6-2,12(15)17-3)13(16)18-4/h5-7H,2,10-11H2,1,3-4H3/b7-5-. The van der Waals surface area contributed by atoms with Crippen LogP contribution in [0.1, 0.15) is 19.8 Å². The molecule has 98 valence electrons. The van der Waals surface area contributed by atoms with Crippen molar-refractivity contribution in [1.82, 2.24) is 0 Å². The zero-order valence-electron chi connectivity index (χ0n) is 11.0. The monoisotopic (exact) mass is 250 g/mol. The van der Waals surface area contributed by atoms with Crippen molar-refractivity contribution in [3.63, 3.8) is 0 Å². The van der Waals surface area contributed by atoms with Gasteiger partial charge in [-0.2, -0.15) is 0 Å². The largest absolute Gasteiger partial charge is 0.468 e. The smallest absolute Gasteiger partial charge is 0.324 e. The van der Waals surface area contributed by atoms with E-state index in [9.17, 15) is 9.59 Å². The van der Waals surface area contributed by atoms with Gasteiger partial charge in [0, 0.05) is 6.42 Å². The predicted molar refractivity (Wildman–Crippen MR) is 68.5 cm³/mol. The molecule has 0 aromatic carbocycles. The minimum Gasteiger partial charge on any atom is -0.468 e. The van der Waals surface area contributed by atoms with Crippen LogP contribution in [0.3, 0.4) is 0 Å². The molecule has 0 N–H and O–H groups in total. The molecule has 0 aliphatic heterocycles. The summed E-state index contributed by atoms with van der Waals surface area (Å²) in [4.78, 5) is 23.7. The van der Waals surface area contributed by atoms with Crippen molar-refractivity contribution in [2.24, 2.45) is 5.41 Å². The van der Waals surface area contributed by atoms with Crippen molar-refractivity contribution in [3.8, 4) is 11.8 Å². The number of hydrogen-bond acceptors (Lipinski definition) is 4. The Morgan fingerprint density at radius 2 is 1.83 bits per heavy atom. The molecule has 0 bridgehead atoms. The van der Waals surface area contributed by atoms with Crippen LogP contribution in [-0.2, 0) is 19.1 Å². The zero-order valence-corrected chi connectivity index (χ0v) is 11.0. The van der Waals surface area contributed by atoms with Crippen molar-refractivity contribution >= 4 is 11.9 Å². The van der Waals surface area contributed by atoms with Gasteiger partial charge in [-0.05, 0) is 19.4 Å². The van der Waals surface area contributed by atoms with E-state index in [0.717, 1.165) is 0 Å². The van der Waals surface area contributed by atoms with E-state index in [1.165, 1.54) is 20.3 Å². The molecule has 0 aliphatic carbocycles. The van der Waals surface area contributed by atoms with E-state index >= 15 is 0 Å². The molecule has 0 spiro atoms. The molecule has 0 heterocycles. The van der Waals surface area contributed by atoms with Gasteiger partial charge in [0.15, 0.2) is 5.41 Å². The first-order valence-corrected chi connectivity index (χ1v) is 5.46. The Labute approximate surface area is 108 Å². The van der Waals surface area contributed by atoms with Gasteiger partial charge in [-0.3, -0.25) is 9.59 Å². The van der Waals surface area contributed by atoms with Crippen LogP contribution in [0.25, 0.3) is 0 Å². The molecule has 0 fully saturated rings. The SMILES string of the molecule is C=CCC(CC#C/C=C\C)(C(=O)OC)C(=O)OC. The van der Waals surface area contributed by atoms with Gasteiger partial charge in [-0.1, -0.05) is 24.0 Å². The lowest BCUT2D eigenvalue weighted by molar-refractivity contribution is -0.168. The highest BCUT2D eigenvalue weighted by molar-refractivity contribution is 6.00. The van der Waals surface area contributed by atoms with Crippen LogP contribution >= 0.6 is 0 Å². The Morgan fingerprint density at radius 3 is 2.22 bits per heavy atom. The highest BCUT2D eigenvalue weighted by atomic mass is 16.5. The van der Waals surface area contributed by atoms with Crippen LogP contribution in [0, 0.1) is 17.3 Å². The second-order valence-electron chi connectivity index (χ2n) is 3.56. The number of hydrogen-bond donors (Lipinski definition) is 0. The van der Waals surface area contributed by atoms with Gasteiger partial charge in [0.05, 0.1) is 14.2 Å². The molecular formula is C14H18O4. The van der Waals surface area contributed by atoms with Gasteiger partial charge >= 0.3 is 11.9 Å². The number of esters is 2. The number of allylic oxidation sites excluding steroid dienone is 3. The number of ether oxygens (including phenoxy) is 2. The summed E-state index contributed by atoms with van der Waals surface area (Å²) in [6, 6.07) is 0. The number of rotatable bonds is 5. The van der Waals surface area contributed by atoms with Crippen LogP contribution in [0.2, 0.25) is 0 Å².